The van der Waals surface area contributed by atoms with Crippen molar-refractivity contribution in [2.45, 2.75) is 26.7 Å². The van der Waals surface area contributed by atoms with Crippen molar-refractivity contribution < 1.29 is 14.4 Å². The van der Waals surface area contributed by atoms with Crippen molar-refractivity contribution in [3.05, 3.63) is 35.4 Å². The van der Waals surface area contributed by atoms with Crippen LogP contribution >= 0.6 is 0 Å². The molecule has 0 radical (unpaired) electrons. The molecule has 22 heavy (non-hydrogen) atoms. The van der Waals surface area contributed by atoms with E-state index in [1.54, 1.807) is 29.2 Å². The molecule has 1 aliphatic rings. The Morgan fingerprint density at radius 1 is 1.05 bits per heavy atom. The number of urea groups is 1. The van der Waals surface area contributed by atoms with Gasteiger partial charge in [-0.1, -0.05) is 26.0 Å². The maximum atomic E-state index is 12.2. The van der Waals surface area contributed by atoms with Gasteiger partial charge < -0.3 is 10.2 Å². The van der Waals surface area contributed by atoms with E-state index in [9.17, 15) is 14.4 Å². The van der Waals surface area contributed by atoms with Gasteiger partial charge in [-0.25, -0.2) is 4.79 Å². The Balaban J connectivity index is 1.99. The van der Waals surface area contributed by atoms with Gasteiger partial charge in [0.1, 0.15) is 6.67 Å². The van der Waals surface area contributed by atoms with E-state index in [-0.39, 0.29) is 24.5 Å². The van der Waals surface area contributed by atoms with Gasteiger partial charge in [-0.2, -0.15) is 0 Å². The third-order valence-corrected chi connectivity index (χ3v) is 3.54. The summed E-state index contributed by atoms with van der Waals surface area (Å²) in [5, 5.41) is 2.66. The Morgan fingerprint density at radius 3 is 2.00 bits per heavy atom. The molecule has 0 aliphatic carbocycles. The van der Waals surface area contributed by atoms with Crippen LogP contribution in [0.5, 0.6) is 0 Å². The second-order valence-corrected chi connectivity index (χ2v) is 5.21. The molecule has 4 amide bonds. The molecule has 0 fully saturated rings. The van der Waals surface area contributed by atoms with Crippen LogP contribution in [-0.4, -0.2) is 47.4 Å². The van der Waals surface area contributed by atoms with Crippen LogP contribution < -0.4 is 5.32 Å². The molecule has 0 saturated carbocycles. The minimum atomic E-state index is -0.363. The molecule has 2 rings (SSSR count). The van der Waals surface area contributed by atoms with Crippen LogP contribution in [-0.2, 0) is 0 Å². The molecule has 1 aromatic carbocycles. The lowest BCUT2D eigenvalue weighted by Gasteiger charge is -2.23. The van der Waals surface area contributed by atoms with E-state index >= 15 is 0 Å². The molecule has 1 heterocycles. The van der Waals surface area contributed by atoms with Gasteiger partial charge in [0.15, 0.2) is 0 Å². The number of rotatable bonds is 6. The molecule has 1 aromatic rings. The first-order chi connectivity index (χ1) is 10.6. The van der Waals surface area contributed by atoms with E-state index in [1.165, 1.54) is 0 Å². The van der Waals surface area contributed by atoms with Gasteiger partial charge in [-0.3, -0.25) is 14.5 Å². The normalized spacial score (nSPS) is 13.3. The molecule has 1 N–H and O–H groups in total. The van der Waals surface area contributed by atoms with Gasteiger partial charge in [0.25, 0.3) is 11.8 Å². The quantitative estimate of drug-likeness (QED) is 0.818. The Morgan fingerprint density at radius 2 is 1.55 bits per heavy atom. The van der Waals surface area contributed by atoms with Crippen LogP contribution in [0, 0.1) is 0 Å². The van der Waals surface area contributed by atoms with Crippen LogP contribution in [0.3, 0.4) is 0 Å². The lowest BCUT2D eigenvalue weighted by Crippen LogP contribution is -2.47. The van der Waals surface area contributed by atoms with Crippen molar-refractivity contribution in [1.29, 1.82) is 0 Å². The molecule has 0 atom stereocenters. The number of hydrogen-bond acceptors (Lipinski definition) is 3. The fourth-order valence-corrected chi connectivity index (χ4v) is 2.50. The summed E-state index contributed by atoms with van der Waals surface area (Å²) < 4.78 is 0. The number of nitrogens with one attached hydrogen (secondary N) is 1. The Bertz CT molecular complexity index is 545. The van der Waals surface area contributed by atoms with E-state index in [4.69, 9.17) is 0 Å². The highest BCUT2D eigenvalue weighted by molar-refractivity contribution is 6.21. The molecule has 0 unspecified atom stereocenters. The number of carbonyl (C=O) groups is 3. The third kappa shape index (κ3) is 3.10. The number of hydrogen-bond donors (Lipinski definition) is 1. The molecule has 6 heteroatoms. The Labute approximate surface area is 130 Å². The molecule has 0 saturated heterocycles. The Kier molecular flexibility index (Phi) is 5.14. The topological polar surface area (TPSA) is 69.7 Å². The summed E-state index contributed by atoms with van der Waals surface area (Å²) in [4.78, 5) is 39.3. The smallest absolute Gasteiger partial charge is 0.318 e. The lowest BCUT2D eigenvalue weighted by molar-refractivity contribution is 0.0644. The average Bonchev–Trinajstić information content (AvgIpc) is 2.77. The molecular formula is C16H21N3O3. The number of amides is 4. The second-order valence-electron chi connectivity index (χ2n) is 5.21. The lowest BCUT2D eigenvalue weighted by atomic mass is 10.1. The first-order valence-electron chi connectivity index (χ1n) is 7.58. The number of carbonyl (C=O) groups excluding carboxylic acids is 3. The zero-order chi connectivity index (χ0) is 16.1. The van der Waals surface area contributed by atoms with Crippen LogP contribution in [0.15, 0.2) is 24.3 Å². The predicted molar refractivity (Wildman–Crippen MR) is 82.5 cm³/mol. The maximum Gasteiger partial charge on any atom is 0.318 e. The van der Waals surface area contributed by atoms with Gasteiger partial charge in [0.2, 0.25) is 0 Å². The zero-order valence-electron chi connectivity index (χ0n) is 13.0. The van der Waals surface area contributed by atoms with E-state index in [2.05, 4.69) is 5.32 Å². The van der Waals surface area contributed by atoms with E-state index in [1.807, 2.05) is 13.8 Å². The van der Waals surface area contributed by atoms with Crippen LogP contribution in [0.25, 0.3) is 0 Å². The highest BCUT2D eigenvalue weighted by Gasteiger charge is 2.35. The summed E-state index contributed by atoms with van der Waals surface area (Å²) in [5.74, 6) is -0.725. The third-order valence-electron chi connectivity index (χ3n) is 3.54. The number of imide groups is 1. The van der Waals surface area contributed by atoms with E-state index in [0.29, 0.717) is 24.2 Å². The van der Waals surface area contributed by atoms with Crippen molar-refractivity contribution >= 4 is 17.8 Å². The molecule has 1 aliphatic heterocycles. The molecule has 0 aromatic heterocycles. The van der Waals surface area contributed by atoms with Gasteiger partial charge in [-0.05, 0) is 25.0 Å². The van der Waals surface area contributed by atoms with Gasteiger partial charge in [0, 0.05) is 13.1 Å². The largest absolute Gasteiger partial charge is 0.325 e. The standard InChI is InChI=1S/C16H21N3O3/c1-3-9-18(10-4-2)16(22)17-11-19-14(20)12-7-5-6-8-13(12)15(19)21/h5-8H,3-4,9-11H2,1-2H3,(H,17,22). The highest BCUT2D eigenvalue weighted by Crippen LogP contribution is 2.21. The number of nitrogens with zero attached hydrogens (tertiary/aromatic N) is 2. The first kappa shape index (κ1) is 16.0. The average molecular weight is 303 g/mol. The van der Waals surface area contributed by atoms with E-state index in [0.717, 1.165) is 17.7 Å². The Hall–Kier alpha value is -2.37. The summed E-state index contributed by atoms with van der Waals surface area (Å²) in [6.07, 6.45) is 1.72. The first-order valence-corrected chi connectivity index (χ1v) is 7.58. The molecular weight excluding hydrogens is 282 g/mol. The maximum absolute atomic E-state index is 12.2. The van der Waals surface area contributed by atoms with Crippen LogP contribution in [0.2, 0.25) is 0 Å². The second kappa shape index (κ2) is 7.06. The molecule has 0 spiro atoms. The van der Waals surface area contributed by atoms with E-state index < -0.39 is 0 Å². The van der Waals surface area contributed by atoms with Gasteiger partial charge in [-0.15, -0.1) is 0 Å². The summed E-state index contributed by atoms with van der Waals surface area (Å²) in [5.41, 5.74) is 0.779. The highest BCUT2D eigenvalue weighted by atomic mass is 16.2. The SMILES string of the molecule is CCCN(CCC)C(=O)NCN1C(=O)c2ccccc2C1=O. The fourth-order valence-electron chi connectivity index (χ4n) is 2.50. The molecule has 118 valence electrons. The zero-order valence-corrected chi connectivity index (χ0v) is 13.0. The molecule has 6 nitrogen and oxygen atoms in total. The van der Waals surface area contributed by atoms with Crippen molar-refractivity contribution in [3.63, 3.8) is 0 Å². The van der Waals surface area contributed by atoms with Gasteiger partial charge in [0.05, 0.1) is 11.1 Å². The monoisotopic (exact) mass is 303 g/mol. The summed E-state index contributed by atoms with van der Waals surface area (Å²) >= 11 is 0. The molecule has 0 bridgehead atoms. The summed E-state index contributed by atoms with van der Waals surface area (Å²) in [6, 6.07) is 6.43. The van der Waals surface area contributed by atoms with Crippen molar-refractivity contribution in [3.8, 4) is 0 Å². The predicted octanol–water partition coefficient (Wildman–Crippen LogP) is 2.07. The minimum Gasteiger partial charge on any atom is -0.325 e. The summed E-state index contributed by atoms with van der Waals surface area (Å²) in [7, 11) is 0. The van der Waals surface area contributed by atoms with Crippen molar-refractivity contribution in [2.75, 3.05) is 19.8 Å². The number of benzene rings is 1. The fraction of sp³-hybridized carbons (Fsp3) is 0.438. The number of fused-ring (bicyclic) bond motifs is 1. The van der Waals surface area contributed by atoms with Gasteiger partial charge >= 0.3 is 6.03 Å². The van der Waals surface area contributed by atoms with Crippen LogP contribution in [0.4, 0.5) is 4.79 Å². The minimum absolute atomic E-state index is 0.102. The van der Waals surface area contributed by atoms with Crippen molar-refractivity contribution in [2.24, 2.45) is 0 Å². The van der Waals surface area contributed by atoms with Crippen molar-refractivity contribution in [1.82, 2.24) is 15.1 Å². The summed E-state index contributed by atoms with van der Waals surface area (Å²) in [6.45, 7) is 5.21. The van der Waals surface area contributed by atoms with Crippen LogP contribution in [0.1, 0.15) is 47.4 Å².